The van der Waals surface area contributed by atoms with Crippen LogP contribution in [0.2, 0.25) is 0 Å². The summed E-state index contributed by atoms with van der Waals surface area (Å²) in [6, 6.07) is 11.0. The molecule has 1 atom stereocenters. The topological polar surface area (TPSA) is 71.8 Å². The van der Waals surface area contributed by atoms with Gasteiger partial charge in [-0.2, -0.15) is 5.10 Å². The Bertz CT molecular complexity index is 1170. The minimum absolute atomic E-state index is 0.260. The van der Waals surface area contributed by atoms with E-state index in [1.807, 2.05) is 37.6 Å². The molecule has 152 valence electrons. The van der Waals surface area contributed by atoms with Gasteiger partial charge in [-0.15, -0.1) is 0 Å². The van der Waals surface area contributed by atoms with E-state index in [0.29, 0.717) is 28.8 Å². The molecule has 5 rings (SSSR count). The Morgan fingerprint density at radius 3 is 2.70 bits per heavy atom. The third kappa shape index (κ3) is 3.39. The first-order valence-electron chi connectivity index (χ1n) is 10.0. The van der Waals surface area contributed by atoms with Crippen molar-refractivity contribution >= 4 is 16.7 Å². The van der Waals surface area contributed by atoms with Crippen LogP contribution in [0.5, 0.6) is 0 Å². The van der Waals surface area contributed by atoms with Gasteiger partial charge in [-0.25, -0.2) is 24.0 Å². The van der Waals surface area contributed by atoms with E-state index in [0.717, 1.165) is 30.6 Å². The summed E-state index contributed by atoms with van der Waals surface area (Å²) in [6.45, 7) is 2.22. The van der Waals surface area contributed by atoms with Crippen LogP contribution in [-0.2, 0) is 6.54 Å². The molecule has 30 heavy (non-hydrogen) atoms. The Morgan fingerprint density at radius 1 is 1.10 bits per heavy atom. The van der Waals surface area contributed by atoms with Crippen LogP contribution in [0.25, 0.3) is 22.6 Å². The highest BCUT2D eigenvalue weighted by atomic mass is 19.1. The molecule has 0 amide bonds. The van der Waals surface area contributed by atoms with E-state index in [4.69, 9.17) is 0 Å². The molecule has 1 aliphatic rings. The summed E-state index contributed by atoms with van der Waals surface area (Å²) in [4.78, 5) is 15.9. The van der Waals surface area contributed by atoms with Gasteiger partial charge < -0.3 is 10.2 Å². The Hall–Kier alpha value is -3.39. The number of benzene rings is 1. The highest BCUT2D eigenvalue weighted by molar-refractivity contribution is 5.89. The van der Waals surface area contributed by atoms with Crippen LogP contribution in [0.1, 0.15) is 12.0 Å². The minimum Gasteiger partial charge on any atom is -0.367 e. The summed E-state index contributed by atoms with van der Waals surface area (Å²) in [5, 5.41) is 8.85. The van der Waals surface area contributed by atoms with Crippen LogP contribution in [0, 0.1) is 5.82 Å². The van der Waals surface area contributed by atoms with Crippen LogP contribution in [0.3, 0.4) is 0 Å². The lowest BCUT2D eigenvalue weighted by Gasteiger charge is -2.17. The number of likely N-dealkylation sites (N-methyl/N-ethyl adjacent to an activating group) is 1. The number of anilines is 1. The SMILES string of the molecule is CNC1CCN(c2cnc(-c3nn(Cc4ccccc4F)c4ncccc34)nc2)C1. The van der Waals surface area contributed by atoms with E-state index in [9.17, 15) is 4.39 Å². The number of halogens is 1. The van der Waals surface area contributed by atoms with Crippen LogP contribution < -0.4 is 10.2 Å². The van der Waals surface area contributed by atoms with Gasteiger partial charge in [-0.1, -0.05) is 18.2 Å². The molecule has 8 heteroatoms. The maximum Gasteiger partial charge on any atom is 0.180 e. The van der Waals surface area contributed by atoms with Crippen molar-refractivity contribution in [3.8, 4) is 11.5 Å². The fourth-order valence-electron chi connectivity index (χ4n) is 3.91. The van der Waals surface area contributed by atoms with Crippen molar-refractivity contribution in [2.24, 2.45) is 0 Å². The molecule has 4 aromatic rings. The van der Waals surface area contributed by atoms with E-state index in [1.165, 1.54) is 6.07 Å². The first kappa shape index (κ1) is 18.6. The molecule has 4 heterocycles. The van der Waals surface area contributed by atoms with Crippen molar-refractivity contribution in [3.05, 3.63) is 66.4 Å². The number of rotatable bonds is 5. The Balaban J connectivity index is 1.48. The number of nitrogens with zero attached hydrogens (tertiary/aromatic N) is 6. The second-order valence-electron chi connectivity index (χ2n) is 7.46. The molecule has 0 bridgehead atoms. The largest absolute Gasteiger partial charge is 0.367 e. The predicted molar refractivity (Wildman–Crippen MR) is 114 cm³/mol. The Kier molecular flexibility index (Phi) is 4.84. The van der Waals surface area contributed by atoms with Crippen LogP contribution in [0.4, 0.5) is 10.1 Å². The molecular weight excluding hydrogens is 381 g/mol. The number of nitrogens with one attached hydrogen (secondary N) is 1. The maximum atomic E-state index is 14.2. The summed E-state index contributed by atoms with van der Waals surface area (Å²) in [6.07, 6.45) is 6.51. The fraction of sp³-hybridized carbons (Fsp3) is 0.273. The summed E-state index contributed by atoms with van der Waals surface area (Å²) >= 11 is 0. The zero-order chi connectivity index (χ0) is 20.5. The minimum atomic E-state index is -0.260. The van der Waals surface area contributed by atoms with Crippen molar-refractivity contribution < 1.29 is 4.39 Å². The molecule has 1 N–H and O–H groups in total. The second kappa shape index (κ2) is 7.79. The third-order valence-corrected chi connectivity index (χ3v) is 5.60. The quantitative estimate of drug-likeness (QED) is 0.553. The number of hydrogen-bond donors (Lipinski definition) is 1. The third-order valence-electron chi connectivity index (χ3n) is 5.60. The second-order valence-corrected chi connectivity index (χ2v) is 7.46. The molecule has 7 nitrogen and oxygen atoms in total. The average Bonchev–Trinajstić information content (AvgIpc) is 3.41. The smallest absolute Gasteiger partial charge is 0.180 e. The van der Waals surface area contributed by atoms with Crippen LogP contribution in [0.15, 0.2) is 55.0 Å². The summed E-state index contributed by atoms with van der Waals surface area (Å²) < 4.78 is 15.9. The highest BCUT2D eigenvalue weighted by Crippen LogP contribution is 2.26. The number of fused-ring (bicyclic) bond motifs is 1. The zero-order valence-corrected chi connectivity index (χ0v) is 16.7. The molecule has 0 saturated carbocycles. The first-order valence-corrected chi connectivity index (χ1v) is 10.0. The Morgan fingerprint density at radius 2 is 1.93 bits per heavy atom. The summed E-state index contributed by atoms with van der Waals surface area (Å²) in [7, 11) is 1.99. The summed E-state index contributed by atoms with van der Waals surface area (Å²) in [5.74, 6) is 0.276. The lowest BCUT2D eigenvalue weighted by molar-refractivity contribution is 0.589. The van der Waals surface area contributed by atoms with Gasteiger partial charge in [0, 0.05) is 30.9 Å². The highest BCUT2D eigenvalue weighted by Gasteiger charge is 2.22. The lowest BCUT2D eigenvalue weighted by Crippen LogP contribution is -2.29. The first-order chi connectivity index (χ1) is 14.7. The van der Waals surface area contributed by atoms with Crippen molar-refractivity contribution in [3.63, 3.8) is 0 Å². The van der Waals surface area contributed by atoms with Crippen molar-refractivity contribution in [1.29, 1.82) is 0 Å². The van der Waals surface area contributed by atoms with Crippen molar-refractivity contribution in [2.75, 3.05) is 25.0 Å². The van der Waals surface area contributed by atoms with Gasteiger partial charge in [0.2, 0.25) is 0 Å². The van der Waals surface area contributed by atoms with Gasteiger partial charge in [0.25, 0.3) is 0 Å². The average molecular weight is 403 g/mol. The van der Waals surface area contributed by atoms with E-state index >= 15 is 0 Å². The van der Waals surface area contributed by atoms with E-state index < -0.39 is 0 Å². The Labute approximate surface area is 173 Å². The molecule has 0 radical (unpaired) electrons. The van der Waals surface area contributed by atoms with Crippen LogP contribution in [-0.4, -0.2) is 50.9 Å². The van der Waals surface area contributed by atoms with Gasteiger partial charge in [-0.3, -0.25) is 0 Å². The molecule has 1 unspecified atom stereocenters. The lowest BCUT2D eigenvalue weighted by atomic mass is 10.2. The fourth-order valence-corrected chi connectivity index (χ4v) is 3.91. The van der Waals surface area contributed by atoms with E-state index in [-0.39, 0.29) is 12.4 Å². The van der Waals surface area contributed by atoms with Gasteiger partial charge in [0.05, 0.1) is 30.0 Å². The van der Waals surface area contributed by atoms with Crippen molar-refractivity contribution in [2.45, 2.75) is 19.0 Å². The zero-order valence-electron chi connectivity index (χ0n) is 16.7. The maximum absolute atomic E-state index is 14.2. The molecule has 1 aliphatic heterocycles. The normalized spacial score (nSPS) is 16.5. The van der Waals surface area contributed by atoms with Gasteiger partial charge in [-0.05, 0) is 31.7 Å². The number of pyridine rings is 1. The van der Waals surface area contributed by atoms with Crippen molar-refractivity contribution in [1.82, 2.24) is 30.0 Å². The van der Waals surface area contributed by atoms with Gasteiger partial charge >= 0.3 is 0 Å². The molecule has 3 aromatic heterocycles. The number of aromatic nitrogens is 5. The van der Waals surface area contributed by atoms with E-state index in [1.54, 1.807) is 23.0 Å². The van der Waals surface area contributed by atoms with Gasteiger partial charge in [0.15, 0.2) is 11.5 Å². The molecule has 1 fully saturated rings. The van der Waals surface area contributed by atoms with E-state index in [2.05, 4.69) is 30.3 Å². The molecule has 0 spiro atoms. The standard InChI is InChI=1S/C22H22FN7/c1-24-16-8-10-29(14-16)17-11-26-21(27-12-17)20-18-6-4-9-25-22(18)30(28-20)13-15-5-2-3-7-19(15)23/h2-7,9,11-12,16,24H,8,10,13-14H2,1H3. The predicted octanol–water partition coefficient (Wildman–Crippen LogP) is 2.87. The molecule has 1 aromatic carbocycles. The number of hydrogen-bond acceptors (Lipinski definition) is 6. The van der Waals surface area contributed by atoms with Crippen LogP contribution >= 0.6 is 0 Å². The molecular formula is C22H22FN7. The molecule has 0 aliphatic carbocycles. The summed E-state index contributed by atoms with van der Waals surface area (Å²) in [5.41, 5.74) is 2.89. The monoisotopic (exact) mass is 403 g/mol. The molecule has 1 saturated heterocycles. The van der Waals surface area contributed by atoms with Gasteiger partial charge in [0.1, 0.15) is 11.5 Å².